The zero-order valence-corrected chi connectivity index (χ0v) is 28.8. The van der Waals surface area contributed by atoms with Crippen molar-refractivity contribution in [2.75, 3.05) is 6.67 Å². The lowest BCUT2D eigenvalue weighted by Gasteiger charge is -2.16. The van der Waals surface area contributed by atoms with E-state index in [0.717, 1.165) is 29.4 Å². The van der Waals surface area contributed by atoms with E-state index in [1.165, 1.54) is 13.0 Å². The molecule has 53 heavy (non-hydrogen) atoms. The molecule has 0 bridgehead atoms. The van der Waals surface area contributed by atoms with Gasteiger partial charge in [-0.3, -0.25) is 4.39 Å². The second-order valence-corrected chi connectivity index (χ2v) is 11.1. The van der Waals surface area contributed by atoms with Gasteiger partial charge in [0.05, 0.1) is 6.67 Å². The Morgan fingerprint density at radius 1 is 0.660 bits per heavy atom. The van der Waals surface area contributed by atoms with Crippen molar-refractivity contribution < 1.29 is 42.5 Å². The van der Waals surface area contributed by atoms with Gasteiger partial charge >= 0.3 is 23.9 Å². The lowest BCUT2D eigenvalue weighted by molar-refractivity contribution is -0.130. The van der Waals surface area contributed by atoms with Gasteiger partial charge in [0.1, 0.15) is 17.1 Å². The first kappa shape index (κ1) is 38.6. The van der Waals surface area contributed by atoms with Crippen molar-refractivity contribution in [1.82, 2.24) is 0 Å². The summed E-state index contributed by atoms with van der Waals surface area (Å²) < 4.78 is 35.2. The fourth-order valence-electron chi connectivity index (χ4n) is 4.58. The number of rotatable bonds is 12. The quantitative estimate of drug-likeness (QED) is 0.0636. The minimum absolute atomic E-state index is 0.0298. The third kappa shape index (κ3) is 10.9. The summed E-state index contributed by atoms with van der Waals surface area (Å²) in [4.78, 5) is 48.5. The maximum atomic E-state index is 13.6. The van der Waals surface area contributed by atoms with Crippen LogP contribution >= 0.6 is 0 Å². The van der Waals surface area contributed by atoms with Crippen molar-refractivity contribution in [2.24, 2.45) is 0 Å². The van der Waals surface area contributed by atoms with Gasteiger partial charge < -0.3 is 18.9 Å². The van der Waals surface area contributed by atoms with E-state index >= 15 is 0 Å². The molecule has 0 aliphatic rings. The Morgan fingerprint density at radius 2 is 1.15 bits per heavy atom. The molecule has 8 nitrogen and oxygen atoms in total. The maximum absolute atomic E-state index is 13.6. The summed E-state index contributed by atoms with van der Waals surface area (Å²) in [6, 6.07) is 22.1. The molecule has 4 aromatic carbocycles. The van der Waals surface area contributed by atoms with Crippen molar-refractivity contribution in [2.45, 2.75) is 19.8 Å². The van der Waals surface area contributed by atoms with Gasteiger partial charge in [-0.15, -0.1) is 0 Å². The van der Waals surface area contributed by atoms with E-state index in [-0.39, 0.29) is 41.2 Å². The Labute approximate surface area is 306 Å². The van der Waals surface area contributed by atoms with Crippen LogP contribution in [0.5, 0.6) is 23.0 Å². The van der Waals surface area contributed by atoms with Gasteiger partial charge in [-0.1, -0.05) is 74.3 Å². The second kappa shape index (κ2) is 18.7. The number of esters is 4. The van der Waals surface area contributed by atoms with Crippen molar-refractivity contribution >= 4 is 23.9 Å². The molecule has 0 saturated heterocycles. The lowest BCUT2D eigenvalue weighted by Crippen LogP contribution is -2.12. The molecule has 4 aromatic rings. The van der Waals surface area contributed by atoms with Crippen LogP contribution < -0.4 is 18.9 Å². The predicted octanol–water partition coefficient (Wildman–Crippen LogP) is 7.81. The minimum atomic E-state index is -0.827. The highest BCUT2D eigenvalue weighted by Gasteiger charge is 2.22. The van der Waals surface area contributed by atoms with E-state index in [9.17, 15) is 23.6 Å². The SMILES string of the molecule is C=CC(=O)Oc1ccc(-c2ccc(C#Cc3cc(OC(=O)C=C)c(C#Cc4ccc(OC(=O)C(=C)C)cc4)c(OC(=O)C=C)c3CCCF)cc2)cc1. The van der Waals surface area contributed by atoms with Crippen LogP contribution in [0.2, 0.25) is 0 Å². The van der Waals surface area contributed by atoms with Crippen LogP contribution in [-0.2, 0) is 25.6 Å². The van der Waals surface area contributed by atoms with E-state index in [4.69, 9.17) is 18.9 Å². The summed E-state index contributed by atoms with van der Waals surface area (Å²) >= 11 is 0. The second-order valence-electron chi connectivity index (χ2n) is 11.1. The summed E-state index contributed by atoms with van der Waals surface area (Å²) in [6.07, 6.45) is 3.17. The fourth-order valence-corrected chi connectivity index (χ4v) is 4.58. The number of benzene rings is 4. The Kier molecular flexibility index (Phi) is 13.6. The zero-order chi connectivity index (χ0) is 38.3. The number of alkyl halides is 1. The lowest BCUT2D eigenvalue weighted by atomic mass is 9.96. The maximum Gasteiger partial charge on any atom is 0.338 e. The molecule has 0 unspecified atom stereocenters. The first-order valence-electron chi connectivity index (χ1n) is 16.1. The van der Waals surface area contributed by atoms with E-state index in [2.05, 4.69) is 50.0 Å². The highest BCUT2D eigenvalue weighted by atomic mass is 19.1. The highest BCUT2D eigenvalue weighted by Crippen LogP contribution is 2.36. The average molecular weight is 709 g/mol. The number of carbonyl (C=O) groups excluding carboxylic acids is 4. The molecule has 264 valence electrons. The largest absolute Gasteiger partial charge is 0.423 e. The molecule has 0 aromatic heterocycles. The molecule has 0 atom stereocenters. The van der Waals surface area contributed by atoms with Crippen molar-refractivity contribution in [3.05, 3.63) is 157 Å². The monoisotopic (exact) mass is 708 g/mol. The average Bonchev–Trinajstić information content (AvgIpc) is 3.17. The molecule has 0 spiro atoms. The number of carbonyl (C=O) groups is 4. The molecule has 0 fully saturated rings. The Morgan fingerprint density at radius 3 is 1.72 bits per heavy atom. The predicted molar refractivity (Wildman–Crippen MR) is 199 cm³/mol. The molecular weight excluding hydrogens is 675 g/mol. The van der Waals surface area contributed by atoms with E-state index in [1.807, 2.05) is 24.3 Å². The number of hydrogen-bond acceptors (Lipinski definition) is 8. The van der Waals surface area contributed by atoms with Gasteiger partial charge in [-0.25, -0.2) is 19.2 Å². The third-order valence-corrected chi connectivity index (χ3v) is 7.20. The summed E-state index contributed by atoms with van der Waals surface area (Å²) in [5.74, 6) is 9.75. The van der Waals surface area contributed by atoms with Gasteiger partial charge in [0.25, 0.3) is 0 Å². The number of ether oxygens (including phenoxy) is 4. The molecule has 4 rings (SSSR count). The molecule has 0 radical (unpaired) electrons. The van der Waals surface area contributed by atoms with Gasteiger partial charge in [-0.2, -0.15) is 0 Å². The molecule has 0 aliphatic heterocycles. The smallest absolute Gasteiger partial charge is 0.338 e. The van der Waals surface area contributed by atoms with Crippen LogP contribution in [0.3, 0.4) is 0 Å². The standard InChI is InChI=1S/C44H33FO8/c1-6-40(46)50-35-24-20-33(21-25-35)32-17-11-30(12-18-32)13-19-34-28-39(52-41(47)7-2)38(43(53-42(48)8-3)37(34)10-9-27-45)26-16-31-14-22-36(23-15-31)51-44(49)29(4)5/h6-8,11-12,14-15,17-18,20-25,28H,1-4,9-10,27H2,5H3. The van der Waals surface area contributed by atoms with E-state index < -0.39 is 30.6 Å². The fraction of sp³-hybridized carbons (Fsp3) is 0.0909. The van der Waals surface area contributed by atoms with E-state index in [0.29, 0.717) is 28.0 Å². The third-order valence-electron chi connectivity index (χ3n) is 7.20. The minimum Gasteiger partial charge on any atom is -0.423 e. The Balaban J connectivity index is 1.78. The summed E-state index contributed by atoms with van der Waals surface area (Å²) in [5.41, 5.74) is 3.79. The topological polar surface area (TPSA) is 105 Å². The van der Waals surface area contributed by atoms with Crippen LogP contribution in [0.25, 0.3) is 11.1 Å². The normalized spacial score (nSPS) is 9.85. The van der Waals surface area contributed by atoms with Crippen LogP contribution in [0.1, 0.15) is 41.2 Å². The van der Waals surface area contributed by atoms with Crippen LogP contribution in [-0.4, -0.2) is 30.6 Å². The summed E-state index contributed by atoms with van der Waals surface area (Å²) in [7, 11) is 0. The first-order valence-corrected chi connectivity index (χ1v) is 16.1. The van der Waals surface area contributed by atoms with Crippen LogP contribution in [0, 0.1) is 23.7 Å². The molecule has 9 heteroatoms. The van der Waals surface area contributed by atoms with Crippen molar-refractivity contribution in [3.8, 4) is 57.8 Å². The Bertz CT molecular complexity index is 2210. The van der Waals surface area contributed by atoms with Gasteiger partial charge in [0.15, 0.2) is 11.5 Å². The van der Waals surface area contributed by atoms with Gasteiger partial charge in [-0.05, 0) is 85.5 Å². The molecule has 0 amide bonds. The summed E-state index contributed by atoms with van der Waals surface area (Å²) in [6.45, 7) is 14.8. The van der Waals surface area contributed by atoms with Crippen molar-refractivity contribution in [1.29, 1.82) is 0 Å². The van der Waals surface area contributed by atoms with Gasteiger partial charge in [0, 0.05) is 46.1 Å². The highest BCUT2D eigenvalue weighted by molar-refractivity contribution is 5.89. The number of hydrogen-bond donors (Lipinski definition) is 0. The Hall–Kier alpha value is -7.23. The zero-order valence-electron chi connectivity index (χ0n) is 28.8. The molecule has 0 heterocycles. The molecule has 0 N–H and O–H groups in total. The van der Waals surface area contributed by atoms with Crippen LogP contribution in [0.4, 0.5) is 4.39 Å². The molecule has 0 saturated carbocycles. The van der Waals surface area contributed by atoms with Crippen LogP contribution in [0.15, 0.2) is 129 Å². The molecule has 0 aliphatic carbocycles. The summed E-state index contributed by atoms with van der Waals surface area (Å²) in [5, 5.41) is 0. The number of halogens is 1. The molecular formula is C44H33FO8. The first-order chi connectivity index (χ1) is 25.5. The van der Waals surface area contributed by atoms with Crippen molar-refractivity contribution in [3.63, 3.8) is 0 Å². The van der Waals surface area contributed by atoms with E-state index in [1.54, 1.807) is 48.5 Å². The van der Waals surface area contributed by atoms with Gasteiger partial charge in [0.2, 0.25) is 0 Å².